The molecule has 0 spiro atoms. The standard InChI is InChI=1S/C29H37N7O3S/c1-29(15-9-16-33-28(30)31,24(37)26-34-20-12-6-7-14-23(20)40-26)35-25(38)22-13-8-17-36(22)27(39)21(32-2)18-19-10-4-3-5-11-19/h3-7,10-12,14,21-22,32H,8-9,13,15-18H2,1-2H3,(H,35,38)(H4,30,31,33)/t21-,22+,29-/m1/s1. The molecule has 1 aromatic heterocycles. The second-order valence-electron chi connectivity index (χ2n) is 10.3. The Balaban J connectivity index is 1.53. The highest BCUT2D eigenvalue weighted by Crippen LogP contribution is 2.28. The molecule has 0 saturated carbocycles. The summed E-state index contributed by atoms with van der Waals surface area (Å²) < 4.78 is 0.893. The number of likely N-dealkylation sites (N-methyl/N-ethyl adjacent to an activating group) is 1. The molecular formula is C29H37N7O3S. The van der Waals surface area contributed by atoms with Crippen LogP contribution < -0.4 is 22.1 Å². The van der Waals surface area contributed by atoms with E-state index < -0.39 is 17.6 Å². The number of ketones is 1. The van der Waals surface area contributed by atoms with Crippen molar-refractivity contribution in [2.24, 2.45) is 16.5 Å². The van der Waals surface area contributed by atoms with Crippen molar-refractivity contribution < 1.29 is 14.4 Å². The third kappa shape index (κ3) is 6.83. The van der Waals surface area contributed by atoms with Crippen LogP contribution in [0.3, 0.4) is 0 Å². The van der Waals surface area contributed by atoms with Crippen molar-refractivity contribution in [1.82, 2.24) is 20.5 Å². The van der Waals surface area contributed by atoms with Crippen LogP contribution in [0.15, 0.2) is 59.6 Å². The summed E-state index contributed by atoms with van der Waals surface area (Å²) in [4.78, 5) is 51.3. The predicted molar refractivity (Wildman–Crippen MR) is 158 cm³/mol. The molecule has 2 heterocycles. The molecule has 6 N–H and O–H groups in total. The number of rotatable bonds is 12. The number of hydrogen-bond donors (Lipinski definition) is 4. The molecule has 40 heavy (non-hydrogen) atoms. The lowest BCUT2D eigenvalue weighted by atomic mass is 9.90. The van der Waals surface area contributed by atoms with Gasteiger partial charge in [0, 0.05) is 13.1 Å². The van der Waals surface area contributed by atoms with Crippen LogP contribution in [-0.2, 0) is 16.0 Å². The third-order valence-corrected chi connectivity index (χ3v) is 8.32. The van der Waals surface area contributed by atoms with Gasteiger partial charge in [-0.2, -0.15) is 0 Å². The number of carbonyl (C=O) groups is 3. The van der Waals surface area contributed by atoms with Gasteiger partial charge in [0.25, 0.3) is 0 Å². The number of fused-ring (bicyclic) bond motifs is 1. The SMILES string of the molecule is CN[C@H](Cc1ccccc1)C(=O)N1CCC[C@H]1C(=O)N[C@](C)(CCCN=C(N)N)C(=O)c1nc2ccccc2s1. The highest BCUT2D eigenvalue weighted by molar-refractivity contribution is 7.20. The number of para-hydroxylation sites is 1. The van der Waals surface area contributed by atoms with Gasteiger partial charge in [-0.1, -0.05) is 42.5 Å². The van der Waals surface area contributed by atoms with Gasteiger partial charge in [-0.15, -0.1) is 11.3 Å². The summed E-state index contributed by atoms with van der Waals surface area (Å²) in [7, 11) is 1.75. The fraction of sp³-hybridized carbons (Fsp3) is 0.414. The van der Waals surface area contributed by atoms with Gasteiger partial charge in [0.1, 0.15) is 11.6 Å². The van der Waals surface area contributed by atoms with E-state index in [9.17, 15) is 14.4 Å². The number of guanidine groups is 1. The van der Waals surface area contributed by atoms with Crippen LogP contribution in [-0.4, -0.2) is 71.2 Å². The first kappa shape index (κ1) is 29.2. The Morgan fingerprint density at radius 1 is 1.15 bits per heavy atom. The smallest absolute Gasteiger partial charge is 0.243 e. The van der Waals surface area contributed by atoms with Gasteiger partial charge in [-0.25, -0.2) is 4.98 Å². The van der Waals surface area contributed by atoms with Gasteiger partial charge in [0.15, 0.2) is 11.0 Å². The van der Waals surface area contributed by atoms with E-state index in [1.165, 1.54) is 11.3 Å². The maximum atomic E-state index is 13.8. The average Bonchev–Trinajstić information content (AvgIpc) is 3.61. The fourth-order valence-electron chi connectivity index (χ4n) is 5.10. The molecule has 2 amide bonds. The molecule has 11 heteroatoms. The minimum absolute atomic E-state index is 0.0297. The van der Waals surface area contributed by atoms with Gasteiger partial charge in [-0.05, 0) is 63.8 Å². The van der Waals surface area contributed by atoms with Gasteiger partial charge in [0.2, 0.25) is 17.6 Å². The Hall–Kier alpha value is -3.83. The number of carbonyl (C=O) groups excluding carboxylic acids is 3. The number of likely N-dealkylation sites (tertiary alicyclic amines) is 1. The predicted octanol–water partition coefficient (Wildman–Crippen LogP) is 2.23. The van der Waals surface area contributed by atoms with Crippen LogP contribution in [0.5, 0.6) is 0 Å². The molecule has 0 aliphatic carbocycles. The van der Waals surface area contributed by atoms with E-state index in [0.717, 1.165) is 15.8 Å². The van der Waals surface area contributed by atoms with Crippen LogP contribution in [0.2, 0.25) is 0 Å². The molecule has 4 rings (SSSR count). The Kier molecular flexibility index (Phi) is 9.49. The van der Waals surface area contributed by atoms with Gasteiger partial charge in [0.05, 0.1) is 16.3 Å². The summed E-state index contributed by atoms with van der Waals surface area (Å²) >= 11 is 1.30. The molecule has 3 atom stereocenters. The molecule has 1 saturated heterocycles. The normalized spacial score (nSPS) is 17.2. The number of nitrogens with two attached hydrogens (primary N) is 2. The zero-order valence-electron chi connectivity index (χ0n) is 22.9. The van der Waals surface area contributed by atoms with Crippen molar-refractivity contribution in [2.45, 2.75) is 56.7 Å². The first-order valence-electron chi connectivity index (χ1n) is 13.5. The monoisotopic (exact) mass is 563 g/mol. The maximum Gasteiger partial charge on any atom is 0.243 e. The lowest BCUT2D eigenvalue weighted by Crippen LogP contribution is -2.59. The number of amides is 2. The Morgan fingerprint density at radius 2 is 1.88 bits per heavy atom. The highest BCUT2D eigenvalue weighted by atomic mass is 32.1. The first-order valence-corrected chi connectivity index (χ1v) is 14.3. The molecule has 0 unspecified atom stereocenters. The Bertz CT molecular complexity index is 1340. The van der Waals surface area contributed by atoms with E-state index in [1.807, 2.05) is 54.6 Å². The molecule has 2 aromatic carbocycles. The van der Waals surface area contributed by atoms with Crippen molar-refractivity contribution in [1.29, 1.82) is 0 Å². The van der Waals surface area contributed by atoms with Gasteiger partial charge < -0.3 is 27.0 Å². The summed E-state index contributed by atoms with van der Waals surface area (Å²) in [6.07, 6.45) is 2.52. The zero-order chi connectivity index (χ0) is 28.7. The van der Waals surface area contributed by atoms with Crippen LogP contribution in [0, 0.1) is 0 Å². The van der Waals surface area contributed by atoms with E-state index in [4.69, 9.17) is 11.5 Å². The van der Waals surface area contributed by atoms with Crippen LogP contribution >= 0.6 is 11.3 Å². The number of benzene rings is 2. The van der Waals surface area contributed by atoms with Crippen molar-refractivity contribution in [3.63, 3.8) is 0 Å². The second kappa shape index (κ2) is 13.0. The van der Waals surface area contributed by atoms with Crippen molar-refractivity contribution in [3.05, 3.63) is 65.2 Å². The summed E-state index contributed by atoms with van der Waals surface area (Å²) in [5.74, 6) is -0.784. The zero-order valence-corrected chi connectivity index (χ0v) is 23.7. The molecule has 1 aliphatic rings. The number of nitrogens with zero attached hydrogens (tertiary/aromatic N) is 3. The summed E-state index contributed by atoms with van der Waals surface area (Å²) in [6.45, 7) is 2.51. The molecule has 0 bridgehead atoms. The Morgan fingerprint density at radius 3 is 2.58 bits per heavy atom. The molecule has 10 nitrogen and oxygen atoms in total. The fourth-order valence-corrected chi connectivity index (χ4v) is 6.14. The number of Topliss-reactive ketones (excluding diaryl/α,β-unsaturated/α-hetero) is 1. The summed E-state index contributed by atoms with van der Waals surface area (Å²) in [5, 5.41) is 6.45. The third-order valence-electron chi connectivity index (χ3n) is 7.29. The molecule has 3 aromatic rings. The first-order chi connectivity index (χ1) is 19.2. The summed E-state index contributed by atoms with van der Waals surface area (Å²) in [5.41, 5.74) is 11.4. The van der Waals surface area contributed by atoms with Gasteiger partial charge >= 0.3 is 0 Å². The van der Waals surface area contributed by atoms with E-state index in [0.29, 0.717) is 50.2 Å². The molecule has 212 valence electrons. The van der Waals surface area contributed by atoms with Gasteiger partial charge in [-0.3, -0.25) is 19.4 Å². The molecule has 1 aliphatic heterocycles. The van der Waals surface area contributed by atoms with Crippen LogP contribution in [0.25, 0.3) is 10.2 Å². The van der Waals surface area contributed by atoms with E-state index >= 15 is 0 Å². The van der Waals surface area contributed by atoms with Crippen LogP contribution in [0.4, 0.5) is 0 Å². The minimum atomic E-state index is -1.26. The number of aliphatic imine (C=N–C) groups is 1. The van der Waals surface area contributed by atoms with Crippen molar-refractivity contribution in [2.75, 3.05) is 20.1 Å². The topological polar surface area (TPSA) is 156 Å². The van der Waals surface area contributed by atoms with Crippen LogP contribution in [0.1, 0.15) is 48.0 Å². The number of aromatic nitrogens is 1. The molecule has 0 radical (unpaired) electrons. The van der Waals surface area contributed by atoms with E-state index in [2.05, 4.69) is 20.6 Å². The average molecular weight is 564 g/mol. The van der Waals surface area contributed by atoms with Crippen molar-refractivity contribution >= 4 is 45.1 Å². The largest absolute Gasteiger partial charge is 0.370 e. The molecular weight excluding hydrogens is 526 g/mol. The Labute approximate surface area is 238 Å². The minimum Gasteiger partial charge on any atom is -0.370 e. The highest BCUT2D eigenvalue weighted by Gasteiger charge is 2.42. The number of hydrogen-bond acceptors (Lipinski definition) is 7. The van der Waals surface area contributed by atoms with E-state index in [1.54, 1.807) is 18.9 Å². The quantitative estimate of drug-likeness (QED) is 0.114. The number of nitrogens with one attached hydrogen (secondary N) is 2. The van der Waals surface area contributed by atoms with Crippen molar-refractivity contribution in [3.8, 4) is 0 Å². The number of thiazole rings is 1. The lowest BCUT2D eigenvalue weighted by molar-refractivity contribution is -0.140. The lowest BCUT2D eigenvalue weighted by Gasteiger charge is -2.33. The second-order valence-corrected chi connectivity index (χ2v) is 11.3. The molecule has 1 fully saturated rings. The van der Waals surface area contributed by atoms with E-state index in [-0.39, 0.29) is 23.6 Å². The summed E-state index contributed by atoms with van der Waals surface area (Å²) in [6, 6.07) is 16.2. The maximum absolute atomic E-state index is 13.8.